The molecule has 2 unspecified atom stereocenters. The van der Waals surface area contributed by atoms with E-state index in [0.717, 1.165) is 5.92 Å². The summed E-state index contributed by atoms with van der Waals surface area (Å²) in [5.74, 6) is 2.17. The van der Waals surface area contributed by atoms with E-state index in [4.69, 9.17) is 0 Å². The van der Waals surface area contributed by atoms with E-state index in [2.05, 4.69) is 59.2 Å². The molecule has 0 aromatic heterocycles. The molecule has 1 aromatic carbocycles. The third-order valence-corrected chi connectivity index (χ3v) is 5.89. The predicted octanol–water partition coefficient (Wildman–Crippen LogP) is 3.59. The van der Waals surface area contributed by atoms with Crippen molar-refractivity contribution in [2.75, 3.05) is 31.9 Å². The van der Waals surface area contributed by atoms with Gasteiger partial charge in [-0.3, -0.25) is 4.90 Å². The number of rotatable bonds is 3. The van der Waals surface area contributed by atoms with Crippen LogP contribution in [0.4, 0.5) is 0 Å². The monoisotopic (exact) mass is 326 g/mol. The van der Waals surface area contributed by atoms with Gasteiger partial charge in [-0.25, -0.2) is 0 Å². The molecule has 2 atom stereocenters. The highest BCUT2D eigenvalue weighted by Gasteiger charge is 2.31. The standard InChI is InChI=1S/C17H26N2S.ClH/c1-14-17(16-5-3-2-4-6-16)19(11-12-20-14)13-15-7-9-18-10-8-15;/h2-6,14-15,17-18H,7-13H2,1H3;1H. The van der Waals surface area contributed by atoms with Crippen LogP contribution >= 0.6 is 24.2 Å². The fraction of sp³-hybridized carbons (Fsp3) is 0.647. The molecule has 2 fully saturated rings. The van der Waals surface area contributed by atoms with Crippen molar-refractivity contribution < 1.29 is 0 Å². The number of hydrogen-bond acceptors (Lipinski definition) is 3. The quantitative estimate of drug-likeness (QED) is 0.914. The Morgan fingerprint density at radius 1 is 1.19 bits per heavy atom. The lowest BCUT2D eigenvalue weighted by Gasteiger charge is -2.42. The molecule has 0 radical (unpaired) electrons. The molecule has 0 aliphatic carbocycles. The molecule has 0 amide bonds. The number of hydrogen-bond donors (Lipinski definition) is 1. The topological polar surface area (TPSA) is 15.3 Å². The highest BCUT2D eigenvalue weighted by Crippen LogP contribution is 2.36. The molecule has 0 spiro atoms. The maximum absolute atomic E-state index is 3.48. The Balaban J connectivity index is 0.00000161. The van der Waals surface area contributed by atoms with Gasteiger partial charge in [0.15, 0.2) is 0 Å². The maximum Gasteiger partial charge on any atom is 0.0464 e. The molecule has 2 aliphatic rings. The van der Waals surface area contributed by atoms with Crippen molar-refractivity contribution >= 4 is 24.2 Å². The van der Waals surface area contributed by atoms with Crippen LogP contribution in [0.25, 0.3) is 0 Å². The van der Waals surface area contributed by atoms with Gasteiger partial charge < -0.3 is 5.32 Å². The molecule has 4 heteroatoms. The van der Waals surface area contributed by atoms with Crippen molar-refractivity contribution in [3.8, 4) is 0 Å². The van der Waals surface area contributed by atoms with Gasteiger partial charge in [-0.1, -0.05) is 37.3 Å². The summed E-state index contributed by atoms with van der Waals surface area (Å²) in [4.78, 5) is 2.76. The van der Waals surface area contributed by atoms with Crippen LogP contribution in [0, 0.1) is 5.92 Å². The zero-order valence-electron chi connectivity index (χ0n) is 12.8. The van der Waals surface area contributed by atoms with Crippen molar-refractivity contribution in [1.29, 1.82) is 0 Å². The zero-order valence-corrected chi connectivity index (χ0v) is 14.5. The maximum atomic E-state index is 3.48. The number of nitrogens with zero attached hydrogens (tertiary/aromatic N) is 1. The molecular weight excluding hydrogens is 300 g/mol. The van der Waals surface area contributed by atoms with Gasteiger partial charge in [0.05, 0.1) is 0 Å². The van der Waals surface area contributed by atoms with E-state index >= 15 is 0 Å². The average Bonchev–Trinajstić information content (AvgIpc) is 2.49. The summed E-state index contributed by atoms with van der Waals surface area (Å²) in [6.07, 6.45) is 2.69. The third kappa shape index (κ3) is 4.38. The second-order valence-electron chi connectivity index (χ2n) is 6.12. The molecule has 2 nitrogen and oxygen atoms in total. The predicted molar refractivity (Wildman–Crippen MR) is 95.5 cm³/mol. The third-order valence-electron chi connectivity index (χ3n) is 4.69. The van der Waals surface area contributed by atoms with Gasteiger partial charge >= 0.3 is 0 Å². The molecule has 1 N–H and O–H groups in total. The van der Waals surface area contributed by atoms with Gasteiger partial charge in [0.25, 0.3) is 0 Å². The average molecular weight is 327 g/mol. The molecule has 1 aromatic rings. The van der Waals surface area contributed by atoms with Crippen molar-refractivity contribution in [2.24, 2.45) is 5.92 Å². The van der Waals surface area contributed by atoms with E-state index in [9.17, 15) is 0 Å². The molecule has 2 aliphatic heterocycles. The van der Waals surface area contributed by atoms with Gasteiger partial charge in [0.2, 0.25) is 0 Å². The molecule has 0 bridgehead atoms. The normalized spacial score (nSPS) is 28.0. The van der Waals surface area contributed by atoms with E-state index < -0.39 is 0 Å². The second-order valence-corrected chi connectivity index (χ2v) is 7.60. The first-order chi connectivity index (χ1) is 9.84. The van der Waals surface area contributed by atoms with Crippen LogP contribution in [0.1, 0.15) is 31.4 Å². The van der Waals surface area contributed by atoms with Gasteiger partial charge in [0, 0.05) is 30.1 Å². The number of nitrogens with one attached hydrogen (secondary N) is 1. The van der Waals surface area contributed by atoms with E-state index in [1.54, 1.807) is 0 Å². The Morgan fingerprint density at radius 2 is 1.90 bits per heavy atom. The Bertz CT molecular complexity index is 409. The van der Waals surface area contributed by atoms with Crippen LogP contribution in [0.15, 0.2) is 30.3 Å². The lowest BCUT2D eigenvalue weighted by atomic mass is 9.95. The summed E-state index contributed by atoms with van der Waals surface area (Å²) in [7, 11) is 0. The van der Waals surface area contributed by atoms with E-state index in [1.807, 2.05) is 0 Å². The second kappa shape index (κ2) is 8.42. The van der Waals surface area contributed by atoms with Crippen LogP contribution in [0.2, 0.25) is 0 Å². The van der Waals surface area contributed by atoms with Gasteiger partial charge in [-0.05, 0) is 37.4 Å². The SMILES string of the molecule is CC1SCCN(CC2CCNCC2)C1c1ccccc1.Cl. The minimum Gasteiger partial charge on any atom is -0.317 e. The van der Waals surface area contributed by atoms with Crippen molar-refractivity contribution in [3.63, 3.8) is 0 Å². The van der Waals surface area contributed by atoms with Crippen LogP contribution in [0.3, 0.4) is 0 Å². The molecule has 3 rings (SSSR count). The molecular formula is C17H27ClN2S. The van der Waals surface area contributed by atoms with Crippen LogP contribution in [-0.2, 0) is 0 Å². The molecule has 2 heterocycles. The highest BCUT2D eigenvalue weighted by molar-refractivity contribution is 8.00. The van der Waals surface area contributed by atoms with Crippen molar-refractivity contribution in [3.05, 3.63) is 35.9 Å². The Hall–Kier alpha value is -0.220. The number of halogens is 1. The summed E-state index contributed by atoms with van der Waals surface area (Å²) < 4.78 is 0. The van der Waals surface area contributed by atoms with E-state index in [-0.39, 0.29) is 12.4 Å². The van der Waals surface area contributed by atoms with Gasteiger partial charge in [-0.2, -0.15) is 11.8 Å². The van der Waals surface area contributed by atoms with Crippen molar-refractivity contribution in [1.82, 2.24) is 10.2 Å². The summed E-state index contributed by atoms with van der Waals surface area (Å²) in [5.41, 5.74) is 1.50. The Kier molecular flexibility index (Phi) is 6.87. The van der Waals surface area contributed by atoms with Gasteiger partial charge in [-0.15, -0.1) is 12.4 Å². The van der Waals surface area contributed by atoms with Gasteiger partial charge in [0.1, 0.15) is 0 Å². The zero-order chi connectivity index (χ0) is 13.8. The van der Waals surface area contributed by atoms with Crippen molar-refractivity contribution in [2.45, 2.75) is 31.1 Å². The fourth-order valence-electron chi connectivity index (χ4n) is 3.62. The molecule has 2 saturated heterocycles. The summed E-state index contributed by atoms with van der Waals surface area (Å²) >= 11 is 2.13. The van der Waals surface area contributed by atoms with E-state index in [0.29, 0.717) is 11.3 Å². The first-order valence-corrected chi connectivity index (χ1v) is 9.01. The highest BCUT2D eigenvalue weighted by atomic mass is 35.5. The Labute approximate surface area is 139 Å². The lowest BCUT2D eigenvalue weighted by Crippen LogP contribution is -2.44. The summed E-state index contributed by atoms with van der Waals surface area (Å²) in [5, 5.41) is 4.18. The van der Waals surface area contributed by atoms with Crippen LogP contribution < -0.4 is 5.32 Å². The smallest absolute Gasteiger partial charge is 0.0464 e. The van der Waals surface area contributed by atoms with Crippen LogP contribution in [-0.4, -0.2) is 42.1 Å². The first kappa shape index (κ1) is 17.1. The molecule has 21 heavy (non-hydrogen) atoms. The largest absolute Gasteiger partial charge is 0.317 e. The minimum absolute atomic E-state index is 0. The number of piperidine rings is 1. The summed E-state index contributed by atoms with van der Waals surface area (Å²) in [6, 6.07) is 11.7. The number of benzene rings is 1. The molecule has 0 saturated carbocycles. The lowest BCUT2D eigenvalue weighted by molar-refractivity contribution is 0.154. The summed E-state index contributed by atoms with van der Waals surface area (Å²) in [6.45, 7) is 7.35. The first-order valence-electron chi connectivity index (χ1n) is 7.96. The number of thioether (sulfide) groups is 1. The van der Waals surface area contributed by atoms with Crippen LogP contribution in [0.5, 0.6) is 0 Å². The fourth-order valence-corrected chi connectivity index (χ4v) is 4.84. The Morgan fingerprint density at radius 3 is 2.62 bits per heavy atom. The minimum atomic E-state index is 0. The van der Waals surface area contributed by atoms with E-state index in [1.165, 1.54) is 50.3 Å². The molecule has 118 valence electrons.